The number of nitrogens with zero attached hydrogens (tertiary/aromatic N) is 2. The van der Waals surface area contributed by atoms with Gasteiger partial charge in [-0.1, -0.05) is 77.3 Å². The Hall–Kier alpha value is -2.86. The van der Waals surface area contributed by atoms with E-state index in [9.17, 15) is 24.3 Å². The summed E-state index contributed by atoms with van der Waals surface area (Å²) in [5, 5.41) is 16.7. The predicted octanol–water partition coefficient (Wildman–Crippen LogP) is 5.33. The summed E-state index contributed by atoms with van der Waals surface area (Å²) in [6.45, 7) is 13.1. The van der Waals surface area contributed by atoms with Gasteiger partial charge < -0.3 is 35.0 Å². The van der Waals surface area contributed by atoms with Crippen molar-refractivity contribution in [2.45, 2.75) is 149 Å². The second-order valence-electron chi connectivity index (χ2n) is 17.7. The third-order valence-corrected chi connectivity index (χ3v) is 13.5. The van der Waals surface area contributed by atoms with Gasteiger partial charge in [-0.05, 0) is 75.2 Å². The van der Waals surface area contributed by atoms with Crippen molar-refractivity contribution in [3.8, 4) is 0 Å². The van der Waals surface area contributed by atoms with E-state index in [1.807, 2.05) is 55.0 Å². The van der Waals surface area contributed by atoms with E-state index < -0.39 is 24.2 Å². The Bertz CT molecular complexity index is 1420. The van der Waals surface area contributed by atoms with Crippen LogP contribution in [0.4, 0.5) is 0 Å². The molecule has 3 aliphatic rings. The number of methoxy groups -OCH3 is 2. The summed E-state index contributed by atoms with van der Waals surface area (Å²) in [5.74, 6) is -0.205. The van der Waals surface area contributed by atoms with Crippen molar-refractivity contribution in [3.63, 3.8) is 0 Å². The zero-order chi connectivity index (χ0) is 41.1. The lowest BCUT2D eigenvalue weighted by atomic mass is 9.82. The number of aliphatic hydroxyl groups is 1. The predicted molar refractivity (Wildman–Crippen MR) is 220 cm³/mol. The van der Waals surface area contributed by atoms with Crippen LogP contribution in [0, 0.1) is 42.4 Å². The Labute approximate surface area is 337 Å². The minimum Gasteiger partial charge on any atom is -0.394 e. The lowest BCUT2D eigenvalue weighted by Crippen LogP contribution is -2.52. The van der Waals surface area contributed by atoms with Crippen LogP contribution in [-0.2, 0) is 35.1 Å². The Morgan fingerprint density at radius 3 is 2.34 bits per heavy atom. The summed E-state index contributed by atoms with van der Waals surface area (Å²) in [6.07, 6.45) is 7.57. The number of amides is 3. The quantitative estimate of drug-likeness (QED) is 0.144. The molecule has 11 heteroatoms. The molecule has 1 unspecified atom stereocenters. The van der Waals surface area contributed by atoms with Gasteiger partial charge in [-0.25, -0.2) is 0 Å². The van der Waals surface area contributed by atoms with Gasteiger partial charge in [0, 0.05) is 58.7 Å². The first-order valence-corrected chi connectivity index (χ1v) is 21.6. The number of Topliss-reactive ketones (excluding diaryl/α,β-unsaturated/α-hetero) is 1. The van der Waals surface area contributed by atoms with Crippen LogP contribution in [0.1, 0.15) is 110 Å². The van der Waals surface area contributed by atoms with Crippen LogP contribution in [0.5, 0.6) is 0 Å². The molecule has 2 saturated heterocycles. The number of likely N-dealkylation sites (tertiary alicyclic amines) is 1. The zero-order valence-corrected chi connectivity index (χ0v) is 35.9. The van der Waals surface area contributed by atoms with Crippen LogP contribution in [0.15, 0.2) is 24.3 Å². The fraction of sp³-hybridized carbons (Fsp3) is 0.778. The normalized spacial score (nSPS) is 24.6. The summed E-state index contributed by atoms with van der Waals surface area (Å²) < 4.78 is 12.1. The number of aliphatic hydroxyl groups excluding tert-OH is 1. The molecule has 1 aromatic carbocycles. The first-order chi connectivity index (χ1) is 26.7. The smallest absolute Gasteiger partial charge is 0.225 e. The highest BCUT2D eigenvalue weighted by Crippen LogP contribution is 2.35. The standard InChI is InChI=1S/C45H74N4O7/c1-10-30(5)37(26-48(7)45(54)36(28(2)3)20-21-39(51)42-33-13-11-14-34(24-33)46-42)40(55-8)25-41(52)49-22-12-15-38(49)43(56-9)31(6)44(53)47-35(27-50)23-32-18-16-29(4)17-19-32/h16-19,28,30-31,33-38,40,42-43,46,50H,10-15,20-27H2,1-9H3,(H,47,53)/t30-,31+,33-,34-,35-,36-,37?,38-,40+,42-,43+/m0/s1. The van der Waals surface area contributed by atoms with Crippen LogP contribution in [-0.4, -0.2) is 116 Å². The van der Waals surface area contributed by atoms with E-state index in [4.69, 9.17) is 9.47 Å². The lowest BCUT2D eigenvalue weighted by Gasteiger charge is -2.37. The molecular weight excluding hydrogens is 709 g/mol. The molecule has 0 radical (unpaired) electrons. The maximum Gasteiger partial charge on any atom is 0.225 e. The highest BCUT2D eigenvalue weighted by molar-refractivity contribution is 5.86. The number of hydrogen-bond acceptors (Lipinski definition) is 8. The Balaban J connectivity index is 1.38. The Morgan fingerprint density at radius 2 is 1.73 bits per heavy atom. The summed E-state index contributed by atoms with van der Waals surface area (Å²) >= 11 is 0. The van der Waals surface area contributed by atoms with E-state index >= 15 is 0 Å². The van der Waals surface area contributed by atoms with Gasteiger partial charge in [-0.2, -0.15) is 0 Å². The minimum absolute atomic E-state index is 0.0394. The number of rotatable bonds is 22. The molecule has 0 spiro atoms. The highest BCUT2D eigenvalue weighted by Gasteiger charge is 2.43. The van der Waals surface area contributed by atoms with E-state index in [0.717, 1.165) is 49.7 Å². The monoisotopic (exact) mass is 783 g/mol. The molecule has 2 bridgehead atoms. The number of carbonyl (C=O) groups is 4. The van der Waals surface area contributed by atoms with E-state index in [2.05, 4.69) is 38.3 Å². The van der Waals surface area contributed by atoms with Gasteiger partial charge in [0.1, 0.15) is 5.78 Å². The topological polar surface area (TPSA) is 138 Å². The summed E-state index contributed by atoms with van der Waals surface area (Å²) in [4.78, 5) is 58.8. The van der Waals surface area contributed by atoms with Crippen molar-refractivity contribution >= 4 is 23.5 Å². The lowest BCUT2D eigenvalue weighted by molar-refractivity contribution is -0.143. The third-order valence-electron chi connectivity index (χ3n) is 13.5. The molecule has 56 heavy (non-hydrogen) atoms. The number of fused-ring (bicyclic) bond motifs is 2. The average Bonchev–Trinajstić information content (AvgIpc) is 3.79. The van der Waals surface area contributed by atoms with Gasteiger partial charge in [0.15, 0.2) is 0 Å². The van der Waals surface area contributed by atoms with Crippen molar-refractivity contribution in [2.75, 3.05) is 41.0 Å². The Kier molecular flexibility index (Phi) is 17.8. The molecule has 1 saturated carbocycles. The van der Waals surface area contributed by atoms with Crippen molar-refractivity contribution < 1.29 is 33.8 Å². The van der Waals surface area contributed by atoms with Crippen molar-refractivity contribution in [1.82, 2.24) is 20.4 Å². The number of aryl methyl sites for hydroxylation is 1. The van der Waals surface area contributed by atoms with Crippen LogP contribution < -0.4 is 10.6 Å². The average molecular weight is 783 g/mol. The van der Waals surface area contributed by atoms with Crippen molar-refractivity contribution in [3.05, 3.63) is 35.4 Å². The van der Waals surface area contributed by atoms with E-state index in [0.29, 0.717) is 44.3 Å². The molecule has 11 nitrogen and oxygen atoms in total. The molecule has 4 rings (SSSR count). The number of hydrogen-bond donors (Lipinski definition) is 3. The van der Waals surface area contributed by atoms with E-state index in [-0.39, 0.29) is 72.3 Å². The summed E-state index contributed by atoms with van der Waals surface area (Å²) in [6, 6.07) is 7.72. The molecule has 3 N–H and O–H groups in total. The fourth-order valence-corrected chi connectivity index (χ4v) is 9.77. The highest BCUT2D eigenvalue weighted by atomic mass is 16.5. The van der Waals surface area contributed by atoms with Crippen LogP contribution >= 0.6 is 0 Å². The SMILES string of the molecule is CC[C@H](C)C(CN(C)C(=O)[C@@H](CCC(=O)[C@H]1N[C@H]2CCC[C@H]1C2)C(C)C)[C@@H](CC(=O)N1CCC[C@H]1[C@H](OC)[C@@H](C)C(=O)N[C@H](CO)Cc1ccc(C)cc1)OC. The molecule has 3 amide bonds. The molecule has 1 aliphatic carbocycles. The van der Waals surface area contributed by atoms with Gasteiger partial charge >= 0.3 is 0 Å². The first-order valence-electron chi connectivity index (χ1n) is 21.6. The van der Waals surface area contributed by atoms with Gasteiger partial charge in [0.25, 0.3) is 0 Å². The number of benzene rings is 1. The summed E-state index contributed by atoms with van der Waals surface area (Å²) in [7, 11) is 5.08. The van der Waals surface area contributed by atoms with Gasteiger partial charge in [0.05, 0.1) is 49.3 Å². The molecule has 0 aromatic heterocycles. The molecule has 11 atom stereocenters. The Morgan fingerprint density at radius 1 is 1.02 bits per heavy atom. The molecule has 3 fully saturated rings. The van der Waals surface area contributed by atoms with E-state index in [1.165, 1.54) is 6.42 Å². The summed E-state index contributed by atoms with van der Waals surface area (Å²) in [5.41, 5.74) is 2.18. The van der Waals surface area contributed by atoms with Gasteiger partial charge in [0.2, 0.25) is 17.7 Å². The minimum atomic E-state index is -0.561. The number of ether oxygens (including phenoxy) is 2. The van der Waals surface area contributed by atoms with Gasteiger partial charge in [-0.15, -0.1) is 0 Å². The second-order valence-corrected chi connectivity index (χ2v) is 17.7. The van der Waals surface area contributed by atoms with Crippen molar-refractivity contribution in [1.29, 1.82) is 0 Å². The molecule has 2 heterocycles. The fourth-order valence-electron chi connectivity index (χ4n) is 9.77. The number of ketones is 1. The molecule has 1 aromatic rings. The largest absolute Gasteiger partial charge is 0.394 e. The van der Waals surface area contributed by atoms with Crippen LogP contribution in [0.3, 0.4) is 0 Å². The van der Waals surface area contributed by atoms with Crippen LogP contribution in [0.25, 0.3) is 0 Å². The third kappa shape index (κ3) is 11.9. The molecule has 2 aliphatic heterocycles. The maximum absolute atomic E-state index is 14.2. The molecular formula is C45H74N4O7. The van der Waals surface area contributed by atoms with Gasteiger partial charge in [-0.3, -0.25) is 19.2 Å². The molecule has 316 valence electrons. The second kappa shape index (κ2) is 21.8. The first kappa shape index (κ1) is 45.8. The van der Waals surface area contributed by atoms with E-state index in [1.54, 1.807) is 14.2 Å². The number of nitrogens with one attached hydrogen (secondary N) is 2. The zero-order valence-electron chi connectivity index (χ0n) is 35.9. The van der Waals surface area contributed by atoms with Crippen LogP contribution in [0.2, 0.25) is 0 Å². The van der Waals surface area contributed by atoms with Crippen molar-refractivity contribution in [2.24, 2.45) is 35.5 Å². The number of carbonyl (C=O) groups excluding carboxylic acids is 4. The maximum atomic E-state index is 14.2.